The fourth-order valence-electron chi connectivity index (χ4n) is 1.41. The van der Waals surface area contributed by atoms with Gasteiger partial charge in [0.05, 0.1) is 11.3 Å². The van der Waals surface area contributed by atoms with E-state index in [1.54, 1.807) is 6.07 Å². The number of alkyl halides is 3. The van der Waals surface area contributed by atoms with Gasteiger partial charge in [-0.25, -0.2) is 0 Å². The smallest absolute Gasteiger partial charge is 0.166 e. The summed E-state index contributed by atoms with van der Waals surface area (Å²) < 4.78 is 38.7. The molecular formula is C11H6BrF3N2. The normalized spacial score (nSPS) is 11.5. The van der Waals surface area contributed by atoms with Crippen LogP contribution in [0.3, 0.4) is 0 Å². The highest BCUT2D eigenvalue weighted by Crippen LogP contribution is 2.36. The molecule has 0 spiro atoms. The highest BCUT2D eigenvalue weighted by Gasteiger charge is 2.33. The standard InChI is InChI=1S/C11H6BrF3N2/c12-10-6-5-9(16-17-10)7-3-1-2-4-8(7)11(13,14)15/h1-6H. The molecule has 1 aromatic carbocycles. The highest BCUT2D eigenvalue weighted by atomic mass is 79.9. The van der Waals surface area contributed by atoms with Crippen molar-refractivity contribution >= 4 is 15.9 Å². The number of nitrogens with zero attached hydrogens (tertiary/aromatic N) is 2. The predicted molar refractivity (Wildman–Crippen MR) is 60.2 cm³/mol. The first kappa shape index (κ1) is 12.0. The Morgan fingerprint density at radius 2 is 1.65 bits per heavy atom. The van der Waals surface area contributed by atoms with E-state index in [2.05, 4.69) is 26.1 Å². The lowest BCUT2D eigenvalue weighted by Crippen LogP contribution is -2.07. The molecule has 0 unspecified atom stereocenters. The zero-order chi connectivity index (χ0) is 12.5. The lowest BCUT2D eigenvalue weighted by molar-refractivity contribution is -0.137. The monoisotopic (exact) mass is 302 g/mol. The van der Waals surface area contributed by atoms with Crippen LogP contribution in [-0.4, -0.2) is 10.2 Å². The molecule has 0 atom stereocenters. The lowest BCUT2D eigenvalue weighted by Gasteiger charge is -2.11. The van der Waals surface area contributed by atoms with Gasteiger partial charge in [0.2, 0.25) is 0 Å². The second-order valence-corrected chi connectivity index (χ2v) is 4.10. The molecule has 2 aromatic rings. The number of benzene rings is 1. The average Bonchev–Trinajstić information content (AvgIpc) is 2.29. The third-order valence-corrected chi connectivity index (χ3v) is 2.56. The Morgan fingerprint density at radius 1 is 0.941 bits per heavy atom. The molecule has 0 aliphatic heterocycles. The molecule has 0 amide bonds. The number of aromatic nitrogens is 2. The molecule has 0 aliphatic rings. The van der Waals surface area contributed by atoms with Crippen molar-refractivity contribution in [2.75, 3.05) is 0 Å². The molecule has 17 heavy (non-hydrogen) atoms. The molecule has 6 heteroatoms. The summed E-state index contributed by atoms with van der Waals surface area (Å²) in [5.74, 6) is 0. The van der Waals surface area contributed by atoms with E-state index < -0.39 is 11.7 Å². The molecular weight excluding hydrogens is 297 g/mol. The summed E-state index contributed by atoms with van der Waals surface area (Å²) in [4.78, 5) is 0. The van der Waals surface area contributed by atoms with Crippen LogP contribution in [0.2, 0.25) is 0 Å². The van der Waals surface area contributed by atoms with Gasteiger partial charge in [-0.15, -0.1) is 10.2 Å². The van der Waals surface area contributed by atoms with Gasteiger partial charge >= 0.3 is 6.18 Å². The van der Waals surface area contributed by atoms with E-state index >= 15 is 0 Å². The first-order chi connectivity index (χ1) is 7.98. The minimum Gasteiger partial charge on any atom is -0.166 e. The third kappa shape index (κ3) is 2.63. The van der Waals surface area contributed by atoms with E-state index in [1.165, 1.54) is 24.3 Å². The van der Waals surface area contributed by atoms with Crippen molar-refractivity contribution in [2.45, 2.75) is 6.18 Å². The zero-order valence-corrected chi connectivity index (χ0v) is 9.96. The zero-order valence-electron chi connectivity index (χ0n) is 8.37. The maximum absolute atomic E-state index is 12.8. The van der Waals surface area contributed by atoms with E-state index in [-0.39, 0.29) is 11.3 Å². The Labute approximate surface area is 104 Å². The van der Waals surface area contributed by atoms with Crippen LogP contribution in [-0.2, 0) is 6.18 Å². The molecule has 0 radical (unpaired) electrons. The molecule has 0 fully saturated rings. The summed E-state index contributed by atoms with van der Waals surface area (Å²) in [6.45, 7) is 0. The van der Waals surface area contributed by atoms with Crippen molar-refractivity contribution in [3.8, 4) is 11.3 Å². The molecule has 0 N–H and O–H groups in total. The maximum Gasteiger partial charge on any atom is 0.417 e. The van der Waals surface area contributed by atoms with Crippen LogP contribution < -0.4 is 0 Å². The van der Waals surface area contributed by atoms with Crippen LogP contribution >= 0.6 is 15.9 Å². The van der Waals surface area contributed by atoms with Crippen LogP contribution in [0, 0.1) is 0 Å². The predicted octanol–water partition coefficient (Wildman–Crippen LogP) is 3.92. The third-order valence-electron chi connectivity index (χ3n) is 2.14. The topological polar surface area (TPSA) is 25.8 Å². The van der Waals surface area contributed by atoms with Gasteiger partial charge in [-0.05, 0) is 34.1 Å². The van der Waals surface area contributed by atoms with Crippen LogP contribution in [0.15, 0.2) is 41.0 Å². The van der Waals surface area contributed by atoms with Crippen LogP contribution in [0.25, 0.3) is 11.3 Å². The molecule has 0 saturated carbocycles. The quantitative estimate of drug-likeness (QED) is 0.798. The number of hydrogen-bond donors (Lipinski definition) is 0. The summed E-state index contributed by atoms with van der Waals surface area (Å²) in [6, 6.07) is 8.32. The van der Waals surface area contributed by atoms with Crippen molar-refractivity contribution in [3.05, 3.63) is 46.6 Å². The maximum atomic E-state index is 12.8. The van der Waals surface area contributed by atoms with Crippen molar-refractivity contribution in [1.29, 1.82) is 0 Å². The fourth-order valence-corrected chi connectivity index (χ4v) is 1.62. The second-order valence-electron chi connectivity index (χ2n) is 3.28. The highest BCUT2D eigenvalue weighted by molar-refractivity contribution is 9.10. The lowest BCUT2D eigenvalue weighted by atomic mass is 10.0. The van der Waals surface area contributed by atoms with E-state index in [4.69, 9.17) is 0 Å². The van der Waals surface area contributed by atoms with Gasteiger partial charge < -0.3 is 0 Å². The summed E-state index contributed by atoms with van der Waals surface area (Å²) in [7, 11) is 0. The van der Waals surface area contributed by atoms with Crippen molar-refractivity contribution in [1.82, 2.24) is 10.2 Å². The van der Waals surface area contributed by atoms with Gasteiger partial charge in [-0.2, -0.15) is 13.2 Å². The van der Waals surface area contributed by atoms with Crippen molar-refractivity contribution in [3.63, 3.8) is 0 Å². The van der Waals surface area contributed by atoms with Crippen molar-refractivity contribution in [2.24, 2.45) is 0 Å². The van der Waals surface area contributed by atoms with E-state index in [9.17, 15) is 13.2 Å². The van der Waals surface area contributed by atoms with E-state index in [0.29, 0.717) is 4.60 Å². The van der Waals surface area contributed by atoms with Gasteiger partial charge in [0, 0.05) is 5.56 Å². The minimum atomic E-state index is -4.40. The van der Waals surface area contributed by atoms with Gasteiger partial charge in [-0.3, -0.25) is 0 Å². The fraction of sp³-hybridized carbons (Fsp3) is 0.0909. The van der Waals surface area contributed by atoms with Crippen LogP contribution in [0.5, 0.6) is 0 Å². The summed E-state index contributed by atoms with van der Waals surface area (Å²) in [5, 5.41) is 7.40. The van der Waals surface area contributed by atoms with Gasteiger partial charge in [-0.1, -0.05) is 18.2 Å². The van der Waals surface area contributed by atoms with Crippen molar-refractivity contribution < 1.29 is 13.2 Å². The second kappa shape index (κ2) is 4.44. The Morgan fingerprint density at radius 3 is 2.24 bits per heavy atom. The molecule has 2 nitrogen and oxygen atoms in total. The van der Waals surface area contributed by atoms with Gasteiger partial charge in [0.15, 0.2) is 0 Å². The molecule has 0 saturated heterocycles. The molecule has 88 valence electrons. The Kier molecular flexibility index (Phi) is 3.15. The minimum absolute atomic E-state index is 0.0278. The summed E-state index contributed by atoms with van der Waals surface area (Å²) in [5.41, 5.74) is -0.488. The first-order valence-electron chi connectivity index (χ1n) is 4.64. The van der Waals surface area contributed by atoms with Crippen LogP contribution in [0.1, 0.15) is 5.56 Å². The first-order valence-corrected chi connectivity index (χ1v) is 5.43. The molecule has 0 bridgehead atoms. The molecule has 1 aromatic heterocycles. The molecule has 1 heterocycles. The SMILES string of the molecule is FC(F)(F)c1ccccc1-c1ccc(Br)nn1. The Balaban J connectivity index is 2.56. The summed E-state index contributed by atoms with van der Waals surface area (Å²) >= 11 is 3.08. The van der Waals surface area contributed by atoms with E-state index in [0.717, 1.165) is 6.07 Å². The average molecular weight is 303 g/mol. The Hall–Kier alpha value is -1.43. The largest absolute Gasteiger partial charge is 0.417 e. The Bertz CT molecular complexity index is 523. The molecule has 2 rings (SSSR count). The van der Waals surface area contributed by atoms with Gasteiger partial charge in [0.25, 0.3) is 0 Å². The van der Waals surface area contributed by atoms with Crippen LogP contribution in [0.4, 0.5) is 13.2 Å². The van der Waals surface area contributed by atoms with Gasteiger partial charge in [0.1, 0.15) is 4.60 Å². The number of rotatable bonds is 1. The van der Waals surface area contributed by atoms with E-state index in [1.807, 2.05) is 0 Å². The summed E-state index contributed by atoms with van der Waals surface area (Å²) in [6.07, 6.45) is -4.40. The number of halogens is 4. The molecule has 0 aliphatic carbocycles. The number of hydrogen-bond acceptors (Lipinski definition) is 2.